The lowest BCUT2D eigenvalue weighted by atomic mass is 10.1. The van der Waals surface area contributed by atoms with Crippen molar-refractivity contribution < 1.29 is 19.1 Å². The topological polar surface area (TPSA) is 72.6 Å². The number of oxazole rings is 1. The third kappa shape index (κ3) is 3.41. The van der Waals surface area contributed by atoms with Crippen molar-refractivity contribution in [2.75, 3.05) is 7.11 Å². The van der Waals surface area contributed by atoms with E-state index in [-0.39, 0.29) is 6.42 Å². The van der Waals surface area contributed by atoms with Crippen LogP contribution in [0.25, 0.3) is 22.7 Å². The molecule has 3 aromatic rings. The monoisotopic (exact) mass is 343 g/mol. The van der Waals surface area contributed by atoms with Gasteiger partial charge in [-0.3, -0.25) is 4.79 Å². The highest BCUT2D eigenvalue weighted by Gasteiger charge is 2.18. The highest BCUT2D eigenvalue weighted by atomic mass is 35.5. The van der Waals surface area contributed by atoms with E-state index in [1.165, 1.54) is 0 Å². The number of hydrogen-bond acceptors (Lipinski definition) is 4. The Balaban J connectivity index is 2.04. The molecule has 24 heavy (non-hydrogen) atoms. The largest absolute Gasteiger partial charge is 0.497 e. The summed E-state index contributed by atoms with van der Waals surface area (Å²) in [5, 5.41) is 9.70. The number of carbonyl (C=O) groups is 1. The number of hydrogen-bond donors (Lipinski definition) is 1. The van der Waals surface area contributed by atoms with Crippen LogP contribution in [0, 0.1) is 0 Å². The summed E-state index contributed by atoms with van der Waals surface area (Å²) >= 11 is 5.90. The molecule has 1 heterocycles. The molecule has 0 saturated heterocycles. The van der Waals surface area contributed by atoms with Crippen molar-refractivity contribution in [2.24, 2.45) is 0 Å². The maximum Gasteiger partial charge on any atom is 0.311 e. The molecule has 1 N–H and O–H groups in total. The van der Waals surface area contributed by atoms with Gasteiger partial charge in [-0.1, -0.05) is 23.7 Å². The third-order valence-electron chi connectivity index (χ3n) is 3.46. The van der Waals surface area contributed by atoms with Gasteiger partial charge in [0.05, 0.1) is 7.11 Å². The molecule has 3 rings (SSSR count). The number of carboxylic acid groups (broad SMARTS) is 1. The van der Waals surface area contributed by atoms with Crippen molar-refractivity contribution in [1.82, 2.24) is 4.98 Å². The van der Waals surface area contributed by atoms with Crippen LogP contribution in [-0.2, 0) is 11.2 Å². The molecule has 0 radical (unpaired) electrons. The predicted molar refractivity (Wildman–Crippen MR) is 90.3 cm³/mol. The third-order valence-corrected chi connectivity index (χ3v) is 3.72. The number of ether oxygens (including phenoxy) is 1. The number of carboxylic acids is 1. The molecule has 2 aromatic carbocycles. The molecule has 0 atom stereocenters. The van der Waals surface area contributed by atoms with Gasteiger partial charge < -0.3 is 14.3 Å². The number of aromatic nitrogens is 1. The first kappa shape index (κ1) is 16.1. The molecule has 0 bridgehead atoms. The number of methoxy groups -OCH3 is 1. The summed E-state index contributed by atoms with van der Waals surface area (Å²) in [5.74, 6) is 0.395. The zero-order chi connectivity index (χ0) is 17.1. The standard InChI is InChI=1S/C18H14ClNO4/c1-23-14-8-4-12(5-9-14)18-20-17(15(24-18)10-16(21)22)11-2-6-13(19)7-3-11/h2-9H,10H2,1H3,(H,21,22). The SMILES string of the molecule is COc1ccc(-c2nc(-c3ccc(Cl)cc3)c(CC(=O)O)o2)cc1. The van der Waals surface area contributed by atoms with Gasteiger partial charge in [0.25, 0.3) is 0 Å². The lowest BCUT2D eigenvalue weighted by molar-refractivity contribution is -0.136. The van der Waals surface area contributed by atoms with Crippen LogP contribution >= 0.6 is 11.6 Å². The van der Waals surface area contributed by atoms with Gasteiger partial charge in [0, 0.05) is 16.1 Å². The number of halogens is 1. The van der Waals surface area contributed by atoms with Crippen LogP contribution in [0.1, 0.15) is 5.76 Å². The van der Waals surface area contributed by atoms with Gasteiger partial charge in [-0.05, 0) is 36.4 Å². The maximum absolute atomic E-state index is 11.1. The first-order chi connectivity index (χ1) is 11.6. The summed E-state index contributed by atoms with van der Waals surface area (Å²) in [6.45, 7) is 0. The molecule has 0 amide bonds. The van der Waals surface area contributed by atoms with E-state index in [2.05, 4.69) is 4.98 Å². The average Bonchev–Trinajstić information content (AvgIpc) is 2.98. The van der Waals surface area contributed by atoms with E-state index in [1.54, 1.807) is 55.6 Å². The molecular formula is C18H14ClNO4. The molecule has 0 spiro atoms. The second-order valence-corrected chi connectivity index (χ2v) is 5.53. The zero-order valence-electron chi connectivity index (χ0n) is 12.8. The second-order valence-electron chi connectivity index (χ2n) is 5.10. The zero-order valence-corrected chi connectivity index (χ0v) is 13.6. The van der Waals surface area contributed by atoms with E-state index < -0.39 is 5.97 Å². The molecule has 0 fully saturated rings. The normalized spacial score (nSPS) is 10.6. The average molecular weight is 344 g/mol. The van der Waals surface area contributed by atoms with Crippen LogP contribution in [0.15, 0.2) is 52.9 Å². The van der Waals surface area contributed by atoms with E-state index in [1.807, 2.05) is 0 Å². The summed E-state index contributed by atoms with van der Waals surface area (Å²) in [5.41, 5.74) is 1.99. The van der Waals surface area contributed by atoms with Gasteiger partial charge in [0.1, 0.15) is 23.6 Å². The minimum absolute atomic E-state index is 0.249. The van der Waals surface area contributed by atoms with E-state index in [0.717, 1.165) is 11.1 Å². The minimum Gasteiger partial charge on any atom is -0.497 e. The van der Waals surface area contributed by atoms with Crippen molar-refractivity contribution >= 4 is 17.6 Å². The quantitative estimate of drug-likeness (QED) is 0.747. The van der Waals surface area contributed by atoms with Gasteiger partial charge in [-0.15, -0.1) is 0 Å². The fraction of sp³-hybridized carbons (Fsp3) is 0.111. The lowest BCUT2D eigenvalue weighted by Gasteiger charge is -1.99. The summed E-state index contributed by atoms with van der Waals surface area (Å²) < 4.78 is 10.8. The van der Waals surface area contributed by atoms with Crippen molar-refractivity contribution in [2.45, 2.75) is 6.42 Å². The van der Waals surface area contributed by atoms with Gasteiger partial charge in [0.15, 0.2) is 0 Å². The Bertz CT molecular complexity index is 854. The van der Waals surface area contributed by atoms with Gasteiger partial charge >= 0.3 is 5.97 Å². The molecule has 0 aliphatic rings. The fourth-order valence-corrected chi connectivity index (χ4v) is 2.43. The van der Waals surface area contributed by atoms with Gasteiger partial charge in [-0.2, -0.15) is 0 Å². The van der Waals surface area contributed by atoms with Gasteiger partial charge in [0.2, 0.25) is 5.89 Å². The van der Waals surface area contributed by atoms with Crippen LogP contribution in [0.4, 0.5) is 0 Å². The Morgan fingerprint density at radius 2 is 1.75 bits per heavy atom. The fourth-order valence-electron chi connectivity index (χ4n) is 2.30. The molecule has 122 valence electrons. The molecule has 0 saturated carbocycles. The van der Waals surface area contributed by atoms with Crippen molar-refractivity contribution in [1.29, 1.82) is 0 Å². The van der Waals surface area contributed by atoms with Crippen LogP contribution in [0.5, 0.6) is 5.75 Å². The molecule has 0 unspecified atom stereocenters. The van der Waals surface area contributed by atoms with Crippen LogP contribution in [0.3, 0.4) is 0 Å². The Morgan fingerprint density at radius 3 is 2.33 bits per heavy atom. The molecule has 5 nitrogen and oxygen atoms in total. The number of aliphatic carboxylic acids is 1. The van der Waals surface area contributed by atoms with E-state index >= 15 is 0 Å². The molecule has 0 aliphatic heterocycles. The lowest BCUT2D eigenvalue weighted by Crippen LogP contribution is -2.00. The molecule has 1 aromatic heterocycles. The Morgan fingerprint density at radius 1 is 1.12 bits per heavy atom. The molecular weight excluding hydrogens is 330 g/mol. The van der Waals surface area contributed by atoms with Crippen molar-refractivity contribution in [3.8, 4) is 28.5 Å². The van der Waals surface area contributed by atoms with Crippen molar-refractivity contribution in [3.63, 3.8) is 0 Å². The molecule has 0 aliphatic carbocycles. The maximum atomic E-state index is 11.1. The summed E-state index contributed by atoms with van der Waals surface area (Å²) in [4.78, 5) is 15.6. The number of rotatable bonds is 5. The minimum atomic E-state index is -0.984. The predicted octanol–water partition coefficient (Wildman–Crippen LogP) is 4.30. The Hall–Kier alpha value is -2.79. The Labute approximate surface area is 143 Å². The van der Waals surface area contributed by atoms with E-state index in [9.17, 15) is 4.79 Å². The summed E-state index contributed by atoms with van der Waals surface area (Å²) in [7, 11) is 1.59. The summed E-state index contributed by atoms with van der Waals surface area (Å²) in [6, 6.07) is 14.2. The number of benzene rings is 2. The molecule has 6 heteroatoms. The second kappa shape index (κ2) is 6.76. The van der Waals surface area contributed by atoms with Gasteiger partial charge in [-0.25, -0.2) is 4.98 Å². The van der Waals surface area contributed by atoms with Crippen LogP contribution in [-0.4, -0.2) is 23.2 Å². The summed E-state index contributed by atoms with van der Waals surface area (Å²) in [6.07, 6.45) is -0.249. The van der Waals surface area contributed by atoms with Crippen molar-refractivity contribution in [3.05, 3.63) is 59.3 Å². The smallest absolute Gasteiger partial charge is 0.311 e. The van der Waals surface area contributed by atoms with Crippen LogP contribution < -0.4 is 4.74 Å². The highest BCUT2D eigenvalue weighted by Crippen LogP contribution is 2.31. The van der Waals surface area contributed by atoms with Crippen LogP contribution in [0.2, 0.25) is 5.02 Å². The first-order valence-electron chi connectivity index (χ1n) is 7.18. The number of nitrogens with zero attached hydrogens (tertiary/aromatic N) is 1. The Kier molecular flexibility index (Phi) is 4.53. The highest BCUT2D eigenvalue weighted by molar-refractivity contribution is 6.30. The van der Waals surface area contributed by atoms with E-state index in [4.69, 9.17) is 25.9 Å². The first-order valence-corrected chi connectivity index (χ1v) is 7.56. The van der Waals surface area contributed by atoms with E-state index in [0.29, 0.717) is 28.1 Å².